The summed E-state index contributed by atoms with van der Waals surface area (Å²) in [6.07, 6.45) is 1.66. The minimum Gasteiger partial charge on any atom is -0.462 e. The van der Waals surface area contributed by atoms with Gasteiger partial charge in [-0.2, -0.15) is 0 Å². The quantitative estimate of drug-likeness (QED) is 0.301. The van der Waals surface area contributed by atoms with E-state index in [0.29, 0.717) is 10.4 Å². The predicted octanol–water partition coefficient (Wildman–Crippen LogP) is 5.46. The van der Waals surface area contributed by atoms with Gasteiger partial charge in [-0.15, -0.1) is 22.7 Å². The van der Waals surface area contributed by atoms with Crippen molar-refractivity contribution in [2.45, 2.75) is 33.6 Å². The van der Waals surface area contributed by atoms with E-state index in [1.807, 2.05) is 24.3 Å². The van der Waals surface area contributed by atoms with Crippen LogP contribution in [-0.2, 0) is 20.6 Å². The maximum atomic E-state index is 13.3. The van der Waals surface area contributed by atoms with Crippen molar-refractivity contribution in [1.82, 2.24) is 0 Å². The van der Waals surface area contributed by atoms with E-state index in [1.165, 1.54) is 18.4 Å². The molecule has 0 saturated heterocycles. The summed E-state index contributed by atoms with van der Waals surface area (Å²) in [4.78, 5) is 39.4. The Morgan fingerprint density at radius 3 is 2.42 bits per heavy atom. The van der Waals surface area contributed by atoms with Crippen LogP contribution in [0.1, 0.15) is 61.1 Å². The van der Waals surface area contributed by atoms with Gasteiger partial charge in [-0.25, -0.2) is 9.59 Å². The SMILES string of the molecule is CCCc1c(C(=O)Nc2sc(C(=O)OCCOC)c(C)c2C(=O)OCC)sc2ccccc12. The van der Waals surface area contributed by atoms with Crippen molar-refractivity contribution in [3.05, 3.63) is 50.7 Å². The van der Waals surface area contributed by atoms with Crippen molar-refractivity contribution in [1.29, 1.82) is 0 Å². The Morgan fingerprint density at radius 1 is 0.970 bits per heavy atom. The van der Waals surface area contributed by atoms with Crippen molar-refractivity contribution in [2.24, 2.45) is 0 Å². The molecule has 7 nitrogen and oxygen atoms in total. The smallest absolute Gasteiger partial charge is 0.348 e. The molecule has 33 heavy (non-hydrogen) atoms. The number of benzene rings is 1. The van der Waals surface area contributed by atoms with Gasteiger partial charge in [-0.05, 0) is 42.8 Å². The third-order valence-electron chi connectivity index (χ3n) is 4.96. The molecule has 0 spiro atoms. The van der Waals surface area contributed by atoms with Crippen molar-refractivity contribution in [3.63, 3.8) is 0 Å². The van der Waals surface area contributed by atoms with E-state index >= 15 is 0 Å². The van der Waals surface area contributed by atoms with Crippen LogP contribution in [0.3, 0.4) is 0 Å². The number of rotatable bonds is 10. The standard InChI is InChI=1S/C24H27NO6S2/c1-5-9-16-15-10-7-8-11-17(15)32-20(16)21(26)25-22-18(23(27)30-6-2)14(3)19(33-22)24(28)31-13-12-29-4/h7-8,10-11H,5-6,9,12-13H2,1-4H3,(H,25,26). The molecule has 2 aromatic heterocycles. The van der Waals surface area contributed by atoms with Crippen molar-refractivity contribution in [2.75, 3.05) is 32.2 Å². The Kier molecular flexibility index (Phi) is 8.60. The molecule has 1 N–H and O–H groups in total. The monoisotopic (exact) mass is 489 g/mol. The lowest BCUT2D eigenvalue weighted by Crippen LogP contribution is -2.15. The van der Waals surface area contributed by atoms with Crippen LogP contribution in [0.2, 0.25) is 0 Å². The van der Waals surface area contributed by atoms with Gasteiger partial charge in [0.15, 0.2) is 0 Å². The first-order valence-corrected chi connectivity index (χ1v) is 12.3. The third kappa shape index (κ3) is 5.43. The van der Waals surface area contributed by atoms with Gasteiger partial charge in [-0.1, -0.05) is 31.5 Å². The Labute approximate surface area is 200 Å². The lowest BCUT2D eigenvalue weighted by atomic mass is 10.1. The lowest BCUT2D eigenvalue weighted by molar-refractivity contribution is 0.0392. The molecular formula is C24H27NO6S2. The lowest BCUT2D eigenvalue weighted by Gasteiger charge is -2.08. The summed E-state index contributed by atoms with van der Waals surface area (Å²) in [6.45, 7) is 5.93. The second-order valence-corrected chi connectivity index (χ2v) is 9.29. The Balaban J connectivity index is 1.98. The van der Waals surface area contributed by atoms with Gasteiger partial charge in [0.2, 0.25) is 0 Å². The van der Waals surface area contributed by atoms with E-state index < -0.39 is 11.9 Å². The minimum absolute atomic E-state index is 0.0886. The molecule has 0 saturated carbocycles. The van der Waals surface area contributed by atoms with Gasteiger partial charge in [0, 0.05) is 11.8 Å². The molecule has 0 atom stereocenters. The number of thiophene rings is 2. The van der Waals surface area contributed by atoms with Crippen molar-refractivity contribution < 1.29 is 28.6 Å². The topological polar surface area (TPSA) is 90.9 Å². The van der Waals surface area contributed by atoms with Crippen molar-refractivity contribution in [3.8, 4) is 0 Å². The number of hydrogen-bond donors (Lipinski definition) is 1. The summed E-state index contributed by atoms with van der Waals surface area (Å²) < 4.78 is 16.3. The van der Waals surface area contributed by atoms with Gasteiger partial charge >= 0.3 is 11.9 Å². The van der Waals surface area contributed by atoms with E-state index in [1.54, 1.807) is 13.8 Å². The van der Waals surface area contributed by atoms with Crippen LogP contribution < -0.4 is 5.32 Å². The summed E-state index contributed by atoms with van der Waals surface area (Å²) in [7, 11) is 1.51. The number of carbonyl (C=O) groups is 3. The zero-order valence-corrected chi connectivity index (χ0v) is 20.7. The van der Waals surface area contributed by atoms with Gasteiger partial charge in [0.05, 0.1) is 23.7 Å². The Bertz CT molecular complexity index is 1160. The summed E-state index contributed by atoms with van der Waals surface area (Å²) in [6, 6.07) is 7.91. The maximum absolute atomic E-state index is 13.3. The number of amides is 1. The second kappa shape index (κ2) is 11.4. The highest BCUT2D eigenvalue weighted by molar-refractivity contribution is 7.21. The largest absolute Gasteiger partial charge is 0.462 e. The summed E-state index contributed by atoms with van der Waals surface area (Å²) in [5.74, 6) is -1.48. The number of methoxy groups -OCH3 is 1. The van der Waals surface area contributed by atoms with Crippen LogP contribution in [0.5, 0.6) is 0 Å². The first kappa shape index (κ1) is 24.9. The van der Waals surface area contributed by atoms with Gasteiger partial charge in [0.25, 0.3) is 5.91 Å². The molecule has 0 aliphatic heterocycles. The molecule has 0 fully saturated rings. The van der Waals surface area contributed by atoms with E-state index in [-0.39, 0.29) is 41.2 Å². The number of carbonyl (C=O) groups excluding carboxylic acids is 3. The normalized spacial score (nSPS) is 10.9. The van der Waals surface area contributed by atoms with Gasteiger partial charge < -0.3 is 19.5 Å². The van der Waals surface area contributed by atoms with Gasteiger partial charge in [-0.3, -0.25) is 4.79 Å². The predicted molar refractivity (Wildman–Crippen MR) is 131 cm³/mol. The fourth-order valence-electron chi connectivity index (χ4n) is 3.47. The highest BCUT2D eigenvalue weighted by atomic mass is 32.1. The molecule has 1 aromatic carbocycles. The number of aryl methyl sites for hydroxylation is 1. The Hall–Kier alpha value is -2.75. The fourth-order valence-corrected chi connectivity index (χ4v) is 5.70. The molecule has 0 aliphatic carbocycles. The van der Waals surface area contributed by atoms with E-state index in [9.17, 15) is 14.4 Å². The second-order valence-electron chi connectivity index (χ2n) is 7.22. The molecule has 9 heteroatoms. The van der Waals surface area contributed by atoms with Crippen LogP contribution in [0.15, 0.2) is 24.3 Å². The summed E-state index contributed by atoms with van der Waals surface area (Å²) in [5, 5.41) is 4.20. The van der Waals surface area contributed by atoms with E-state index in [0.717, 1.165) is 39.8 Å². The first-order chi connectivity index (χ1) is 15.9. The Morgan fingerprint density at radius 2 is 1.73 bits per heavy atom. The molecule has 0 radical (unpaired) electrons. The van der Waals surface area contributed by atoms with Crippen LogP contribution in [-0.4, -0.2) is 44.8 Å². The highest BCUT2D eigenvalue weighted by Gasteiger charge is 2.28. The average molecular weight is 490 g/mol. The van der Waals surface area contributed by atoms with Crippen LogP contribution in [0.4, 0.5) is 5.00 Å². The van der Waals surface area contributed by atoms with E-state index in [4.69, 9.17) is 14.2 Å². The zero-order chi connectivity index (χ0) is 24.0. The molecule has 0 unspecified atom stereocenters. The molecule has 3 rings (SSSR count). The molecule has 176 valence electrons. The maximum Gasteiger partial charge on any atom is 0.348 e. The average Bonchev–Trinajstić information content (AvgIpc) is 3.32. The van der Waals surface area contributed by atoms with E-state index in [2.05, 4.69) is 12.2 Å². The number of anilines is 1. The molecular weight excluding hydrogens is 462 g/mol. The van der Waals surface area contributed by atoms with Crippen LogP contribution in [0.25, 0.3) is 10.1 Å². The highest BCUT2D eigenvalue weighted by Crippen LogP contribution is 2.37. The van der Waals surface area contributed by atoms with Crippen molar-refractivity contribution >= 4 is 55.6 Å². The number of nitrogens with one attached hydrogen (secondary N) is 1. The number of fused-ring (bicyclic) bond motifs is 1. The minimum atomic E-state index is -0.595. The summed E-state index contributed by atoms with van der Waals surface area (Å²) >= 11 is 2.43. The molecule has 2 heterocycles. The molecule has 1 amide bonds. The summed E-state index contributed by atoms with van der Waals surface area (Å²) in [5.41, 5.74) is 1.58. The molecule has 0 aliphatic rings. The number of esters is 2. The zero-order valence-electron chi connectivity index (χ0n) is 19.1. The first-order valence-electron chi connectivity index (χ1n) is 10.7. The van der Waals surface area contributed by atoms with Crippen LogP contribution in [0, 0.1) is 6.92 Å². The van der Waals surface area contributed by atoms with Gasteiger partial charge in [0.1, 0.15) is 16.5 Å². The number of ether oxygens (including phenoxy) is 3. The van der Waals surface area contributed by atoms with Crippen LogP contribution >= 0.6 is 22.7 Å². The number of hydrogen-bond acceptors (Lipinski definition) is 8. The third-order valence-corrected chi connectivity index (χ3v) is 7.36. The molecule has 3 aromatic rings. The fraction of sp³-hybridized carbons (Fsp3) is 0.375. The molecule has 0 bridgehead atoms.